The molecular formula is C15H10FN3O4S. The molecular weight excluding hydrogens is 337 g/mol. The summed E-state index contributed by atoms with van der Waals surface area (Å²) in [7, 11) is -4.30. The molecule has 0 aliphatic rings. The van der Waals surface area contributed by atoms with Crippen molar-refractivity contribution in [2.75, 3.05) is 4.72 Å². The van der Waals surface area contributed by atoms with Gasteiger partial charge in [0.25, 0.3) is 15.7 Å². The van der Waals surface area contributed by atoms with Crippen LogP contribution in [-0.4, -0.2) is 18.3 Å². The van der Waals surface area contributed by atoms with Crippen LogP contribution in [0.1, 0.15) is 0 Å². The molecule has 1 heterocycles. The number of pyridine rings is 1. The van der Waals surface area contributed by atoms with E-state index in [0.29, 0.717) is 5.39 Å². The smallest absolute Gasteiger partial charge is 0.277 e. The van der Waals surface area contributed by atoms with Gasteiger partial charge in [0.15, 0.2) is 4.90 Å². The first-order valence-electron chi connectivity index (χ1n) is 6.69. The predicted molar refractivity (Wildman–Crippen MR) is 85.6 cm³/mol. The van der Waals surface area contributed by atoms with E-state index in [9.17, 15) is 22.9 Å². The van der Waals surface area contributed by atoms with Gasteiger partial charge in [0.1, 0.15) is 5.82 Å². The number of nitro groups is 1. The Kier molecular flexibility index (Phi) is 3.86. The Morgan fingerprint density at radius 2 is 1.88 bits per heavy atom. The van der Waals surface area contributed by atoms with Gasteiger partial charge in [0, 0.05) is 23.7 Å². The molecule has 0 atom stereocenters. The number of fused-ring (bicyclic) bond motifs is 1. The molecule has 0 amide bonds. The highest BCUT2D eigenvalue weighted by atomic mass is 32.2. The van der Waals surface area contributed by atoms with Gasteiger partial charge in [-0.1, -0.05) is 18.2 Å². The van der Waals surface area contributed by atoms with Crippen molar-refractivity contribution in [3.8, 4) is 0 Å². The topological polar surface area (TPSA) is 102 Å². The highest BCUT2D eigenvalue weighted by Gasteiger charge is 2.26. The third-order valence-corrected chi connectivity index (χ3v) is 4.68. The van der Waals surface area contributed by atoms with Crippen molar-refractivity contribution >= 4 is 32.3 Å². The normalized spacial score (nSPS) is 11.4. The SMILES string of the molecule is O=[N+]([O-])c1ccccc1S(=O)(=O)Nc1cc(F)cc2cccnc12. The molecule has 0 aliphatic heterocycles. The Morgan fingerprint density at radius 3 is 2.62 bits per heavy atom. The van der Waals surface area contributed by atoms with Crippen LogP contribution in [0.15, 0.2) is 59.6 Å². The van der Waals surface area contributed by atoms with Crippen molar-refractivity contribution in [1.82, 2.24) is 4.98 Å². The van der Waals surface area contributed by atoms with Crippen LogP contribution in [0.4, 0.5) is 15.8 Å². The number of hydrogen-bond acceptors (Lipinski definition) is 5. The highest BCUT2D eigenvalue weighted by Crippen LogP contribution is 2.28. The third-order valence-electron chi connectivity index (χ3n) is 3.27. The average Bonchev–Trinajstić information content (AvgIpc) is 2.54. The summed E-state index contributed by atoms with van der Waals surface area (Å²) in [6, 6.07) is 10.3. The predicted octanol–water partition coefficient (Wildman–Crippen LogP) is 3.08. The number of nitrogens with one attached hydrogen (secondary N) is 1. The quantitative estimate of drug-likeness (QED) is 0.577. The van der Waals surface area contributed by atoms with E-state index in [4.69, 9.17) is 0 Å². The molecule has 0 bridgehead atoms. The Balaban J connectivity index is 2.13. The van der Waals surface area contributed by atoms with Crippen molar-refractivity contribution in [2.45, 2.75) is 4.90 Å². The fourth-order valence-corrected chi connectivity index (χ4v) is 3.50. The van der Waals surface area contributed by atoms with Gasteiger partial charge >= 0.3 is 0 Å². The summed E-state index contributed by atoms with van der Waals surface area (Å²) >= 11 is 0. The van der Waals surface area contributed by atoms with Gasteiger partial charge in [0.05, 0.1) is 16.1 Å². The largest absolute Gasteiger partial charge is 0.289 e. The minimum atomic E-state index is -4.30. The van der Waals surface area contributed by atoms with E-state index in [1.165, 1.54) is 24.4 Å². The molecule has 0 fully saturated rings. The van der Waals surface area contributed by atoms with E-state index >= 15 is 0 Å². The van der Waals surface area contributed by atoms with Crippen molar-refractivity contribution in [3.05, 3.63) is 70.7 Å². The van der Waals surface area contributed by atoms with Crippen LogP contribution >= 0.6 is 0 Å². The molecule has 7 nitrogen and oxygen atoms in total. The number of benzene rings is 2. The molecule has 0 unspecified atom stereocenters. The number of hydrogen-bond donors (Lipinski definition) is 1. The maximum atomic E-state index is 13.7. The number of halogens is 1. The van der Waals surface area contributed by atoms with Gasteiger partial charge in [0.2, 0.25) is 0 Å². The number of nitrogens with zero attached hydrogens (tertiary/aromatic N) is 2. The first-order chi connectivity index (χ1) is 11.4. The van der Waals surface area contributed by atoms with E-state index in [1.807, 2.05) is 0 Å². The fraction of sp³-hybridized carbons (Fsp3) is 0. The van der Waals surface area contributed by atoms with Gasteiger partial charge in [-0.15, -0.1) is 0 Å². The molecule has 3 aromatic rings. The molecule has 0 saturated carbocycles. The lowest BCUT2D eigenvalue weighted by Crippen LogP contribution is -2.15. The van der Waals surface area contributed by atoms with Crippen LogP contribution in [0.25, 0.3) is 10.9 Å². The van der Waals surface area contributed by atoms with Gasteiger partial charge in [-0.2, -0.15) is 0 Å². The Labute approximate surface area is 136 Å². The summed E-state index contributed by atoms with van der Waals surface area (Å²) in [4.78, 5) is 13.8. The molecule has 2 aromatic carbocycles. The Bertz CT molecular complexity index is 1050. The summed E-state index contributed by atoms with van der Waals surface area (Å²) in [5.41, 5.74) is -0.427. The van der Waals surface area contributed by atoms with Gasteiger partial charge in [-0.05, 0) is 18.2 Å². The lowest BCUT2D eigenvalue weighted by molar-refractivity contribution is -0.387. The average molecular weight is 347 g/mol. The number of nitro benzene ring substituents is 1. The van der Waals surface area contributed by atoms with Crippen LogP contribution in [0.2, 0.25) is 0 Å². The zero-order chi connectivity index (χ0) is 17.3. The van der Waals surface area contributed by atoms with Gasteiger partial charge < -0.3 is 0 Å². The van der Waals surface area contributed by atoms with Crippen molar-refractivity contribution < 1.29 is 17.7 Å². The molecule has 0 aliphatic carbocycles. The molecule has 9 heteroatoms. The van der Waals surface area contributed by atoms with Crippen LogP contribution < -0.4 is 4.72 Å². The van der Waals surface area contributed by atoms with Crippen molar-refractivity contribution in [3.63, 3.8) is 0 Å². The summed E-state index contributed by atoms with van der Waals surface area (Å²) in [6.45, 7) is 0. The first kappa shape index (κ1) is 15.8. The second kappa shape index (κ2) is 5.85. The number of aromatic nitrogens is 1. The van der Waals surface area contributed by atoms with Crippen LogP contribution in [0, 0.1) is 15.9 Å². The first-order valence-corrected chi connectivity index (χ1v) is 8.17. The molecule has 0 saturated heterocycles. The van der Waals surface area contributed by atoms with Gasteiger partial charge in [-0.25, -0.2) is 12.8 Å². The van der Waals surface area contributed by atoms with Gasteiger partial charge in [-0.3, -0.25) is 19.8 Å². The maximum absolute atomic E-state index is 13.7. The van der Waals surface area contributed by atoms with E-state index in [-0.39, 0.29) is 11.2 Å². The van der Waals surface area contributed by atoms with Crippen LogP contribution in [0.3, 0.4) is 0 Å². The monoisotopic (exact) mass is 347 g/mol. The summed E-state index contributed by atoms with van der Waals surface area (Å²) < 4.78 is 40.9. The van der Waals surface area contributed by atoms with Crippen molar-refractivity contribution in [2.24, 2.45) is 0 Å². The van der Waals surface area contributed by atoms with Crippen molar-refractivity contribution in [1.29, 1.82) is 0 Å². The standard InChI is InChI=1S/C15H10FN3O4S/c16-11-8-10-4-3-7-17-15(10)12(9-11)18-24(22,23)14-6-2-1-5-13(14)19(20)21/h1-9,18H. The molecule has 24 heavy (non-hydrogen) atoms. The molecule has 0 spiro atoms. The maximum Gasteiger partial charge on any atom is 0.289 e. The number of sulfonamides is 1. The zero-order valence-electron chi connectivity index (χ0n) is 12.0. The second-order valence-corrected chi connectivity index (χ2v) is 6.51. The minimum Gasteiger partial charge on any atom is -0.277 e. The molecule has 0 radical (unpaired) electrons. The van der Waals surface area contributed by atoms with Crippen LogP contribution in [-0.2, 0) is 10.0 Å². The lowest BCUT2D eigenvalue weighted by atomic mass is 10.2. The molecule has 1 N–H and O–H groups in total. The number of rotatable bonds is 4. The lowest BCUT2D eigenvalue weighted by Gasteiger charge is -2.10. The third kappa shape index (κ3) is 2.88. The van der Waals surface area contributed by atoms with Crippen LogP contribution in [0.5, 0.6) is 0 Å². The molecule has 122 valence electrons. The minimum absolute atomic E-state index is 0.0937. The molecule has 1 aromatic heterocycles. The summed E-state index contributed by atoms with van der Waals surface area (Å²) in [5.74, 6) is -0.657. The second-order valence-electron chi connectivity index (χ2n) is 4.86. The van der Waals surface area contributed by atoms with E-state index < -0.39 is 31.3 Å². The Morgan fingerprint density at radius 1 is 1.12 bits per heavy atom. The highest BCUT2D eigenvalue weighted by molar-refractivity contribution is 7.92. The van der Waals surface area contributed by atoms with E-state index in [2.05, 4.69) is 9.71 Å². The van der Waals surface area contributed by atoms with E-state index in [0.717, 1.165) is 18.2 Å². The Hall–Kier alpha value is -3.07. The fourth-order valence-electron chi connectivity index (χ4n) is 2.27. The number of para-hydroxylation sites is 1. The zero-order valence-corrected chi connectivity index (χ0v) is 12.8. The summed E-state index contributed by atoms with van der Waals surface area (Å²) in [5, 5.41) is 11.4. The molecule has 3 rings (SSSR count). The van der Waals surface area contributed by atoms with E-state index in [1.54, 1.807) is 12.1 Å². The summed E-state index contributed by atoms with van der Waals surface area (Å²) in [6.07, 6.45) is 1.43. The number of anilines is 1.